The molecule has 0 heterocycles. The highest BCUT2D eigenvalue weighted by molar-refractivity contribution is 7.47. The summed E-state index contributed by atoms with van der Waals surface area (Å²) in [5.41, 5.74) is 5.31. The molecule has 0 spiro atoms. The molecule has 0 amide bonds. The summed E-state index contributed by atoms with van der Waals surface area (Å²) in [6, 6.07) is -1.56. The van der Waals surface area contributed by atoms with Crippen LogP contribution in [0.4, 0.5) is 0 Å². The number of nitrogens with two attached hydrogens (primary N) is 1. The van der Waals surface area contributed by atoms with Crippen molar-refractivity contribution in [1.82, 2.24) is 0 Å². The summed E-state index contributed by atoms with van der Waals surface area (Å²) in [4.78, 5) is 45.9. The number of carboxylic acids is 1. The first kappa shape index (κ1) is 54.8. The number of rotatable bonds is 38. The van der Waals surface area contributed by atoms with Gasteiger partial charge in [-0.05, 0) is 77.0 Å². The number of allylic oxidation sites excluding steroid dienone is 11. The van der Waals surface area contributed by atoms with Crippen molar-refractivity contribution >= 4 is 25.7 Å². The molecule has 1 unspecified atom stereocenters. The van der Waals surface area contributed by atoms with Gasteiger partial charge in [-0.3, -0.25) is 23.4 Å². The van der Waals surface area contributed by atoms with Gasteiger partial charge in [-0.2, -0.15) is 0 Å². The smallest absolute Gasteiger partial charge is 0.472 e. The van der Waals surface area contributed by atoms with Gasteiger partial charge in [0.25, 0.3) is 0 Å². The first-order valence-electron chi connectivity index (χ1n) is 21.1. The molecule has 0 aromatic rings. The van der Waals surface area contributed by atoms with E-state index in [9.17, 15) is 34.1 Å². The van der Waals surface area contributed by atoms with E-state index < -0.39 is 69.9 Å². The fraction of sp³-hybridized carbons (Fsp3) is 0.659. The minimum absolute atomic E-state index is 0.0473. The Labute approximate surface area is 347 Å². The summed E-state index contributed by atoms with van der Waals surface area (Å²) in [6.45, 7) is 2.39. The average Bonchev–Trinajstić information content (AvgIpc) is 3.19. The quantitative estimate of drug-likeness (QED) is 0.0170. The number of aliphatic carboxylic acids is 1. The predicted octanol–water partition coefficient (Wildman–Crippen LogP) is 8.89. The van der Waals surface area contributed by atoms with Crippen LogP contribution in [-0.4, -0.2) is 82.3 Å². The van der Waals surface area contributed by atoms with Gasteiger partial charge in [0, 0.05) is 12.8 Å². The number of esters is 2. The van der Waals surface area contributed by atoms with Gasteiger partial charge in [0.2, 0.25) is 0 Å². The number of aliphatic hydroxyl groups excluding tert-OH is 2. The monoisotopic (exact) mass is 839 g/mol. The Morgan fingerprint density at radius 2 is 1.16 bits per heavy atom. The summed E-state index contributed by atoms with van der Waals surface area (Å²) in [7, 11) is -4.77. The first-order valence-corrected chi connectivity index (χ1v) is 22.6. The number of unbranched alkanes of at least 4 members (excludes halogenated alkanes) is 8. The SMILES string of the molecule is CC/C=C\C/C=C\C/C=C\C/C=C\C/C=C\CCCC(=O)O[C@H](COC(=O)CCCCCCC[C@@H](O)[C@H](O)C/C=C\CCCCC)COP(=O)(O)OC[C@H](N)C(=O)O. The van der Waals surface area contributed by atoms with Crippen molar-refractivity contribution in [2.24, 2.45) is 5.73 Å². The molecule has 0 rings (SSSR count). The molecule has 0 saturated heterocycles. The van der Waals surface area contributed by atoms with E-state index in [1.807, 2.05) is 18.2 Å². The maximum atomic E-state index is 12.6. The fourth-order valence-electron chi connectivity index (χ4n) is 5.18. The van der Waals surface area contributed by atoms with Gasteiger partial charge in [0.15, 0.2) is 6.10 Å². The Bertz CT molecular complexity index is 1290. The van der Waals surface area contributed by atoms with Crippen LogP contribution in [0, 0.1) is 0 Å². The van der Waals surface area contributed by atoms with Gasteiger partial charge in [-0.15, -0.1) is 0 Å². The van der Waals surface area contributed by atoms with E-state index in [0.717, 1.165) is 77.0 Å². The largest absolute Gasteiger partial charge is 0.480 e. The molecular weight excluding hydrogens is 765 g/mol. The summed E-state index contributed by atoms with van der Waals surface area (Å²) in [6.07, 6.45) is 37.1. The lowest BCUT2D eigenvalue weighted by Crippen LogP contribution is -2.34. The second kappa shape index (κ2) is 38.1. The van der Waals surface area contributed by atoms with Crippen molar-refractivity contribution in [3.63, 3.8) is 0 Å². The maximum absolute atomic E-state index is 12.6. The topological polar surface area (TPSA) is 212 Å². The Morgan fingerprint density at radius 1 is 0.621 bits per heavy atom. The van der Waals surface area contributed by atoms with Gasteiger partial charge in [0.05, 0.1) is 25.4 Å². The summed E-state index contributed by atoms with van der Waals surface area (Å²) in [5.74, 6) is -2.60. The normalized spacial score (nSPS) is 15.6. The standard InChI is InChI=1S/C44H74NO12P/c1-3-5-7-9-11-12-13-14-15-16-17-18-19-20-21-25-30-34-43(49)57-38(36-55-58(52,53)56-37-39(45)44(50)51)35-54-42(48)33-29-26-22-24-28-32-41(47)40(46)31-27-23-10-8-6-4-2/h5,7,11-12,14-15,17-18,20-21,23,27,38-41,46-47H,3-4,6,8-10,13,16,19,22,24-26,28-37,45H2,1-2H3,(H,50,51)(H,52,53)/b7-5-,12-11-,15-14-,18-17-,21-20-,27-23-/t38-,39+,40-,41-/m1/s1. The van der Waals surface area contributed by atoms with Gasteiger partial charge in [-0.1, -0.05) is 125 Å². The molecular formula is C44H74NO12P. The van der Waals surface area contributed by atoms with Crippen molar-refractivity contribution in [3.05, 3.63) is 72.9 Å². The van der Waals surface area contributed by atoms with Crippen LogP contribution in [0.25, 0.3) is 0 Å². The Kier molecular flexibility index (Phi) is 36.0. The molecule has 0 radical (unpaired) electrons. The number of carboxylic acid groups (broad SMARTS) is 1. The average molecular weight is 840 g/mol. The Hall–Kier alpha value is -3.16. The van der Waals surface area contributed by atoms with Gasteiger partial charge < -0.3 is 35.4 Å². The second-order valence-corrected chi connectivity index (χ2v) is 15.5. The van der Waals surface area contributed by atoms with Crippen LogP contribution < -0.4 is 5.73 Å². The van der Waals surface area contributed by atoms with Crippen LogP contribution in [-0.2, 0) is 37.5 Å². The molecule has 0 aromatic heterocycles. The molecule has 6 N–H and O–H groups in total. The first-order chi connectivity index (χ1) is 27.9. The zero-order valence-corrected chi connectivity index (χ0v) is 36.0. The van der Waals surface area contributed by atoms with Crippen molar-refractivity contribution < 1.29 is 57.7 Å². The number of ether oxygens (including phenoxy) is 2. The summed E-state index contributed by atoms with van der Waals surface area (Å²) < 4.78 is 32.5. The van der Waals surface area contributed by atoms with Gasteiger partial charge in [-0.25, -0.2) is 4.57 Å². The number of carbonyl (C=O) groups excluding carboxylic acids is 2. The molecule has 0 aromatic carbocycles. The van der Waals surface area contributed by atoms with Crippen LogP contribution >= 0.6 is 7.82 Å². The lowest BCUT2D eigenvalue weighted by Gasteiger charge is -2.20. The minimum Gasteiger partial charge on any atom is -0.480 e. The van der Waals surface area contributed by atoms with Gasteiger partial charge in [0.1, 0.15) is 12.6 Å². The maximum Gasteiger partial charge on any atom is 0.472 e. The molecule has 0 aliphatic carbocycles. The third kappa shape index (κ3) is 36.0. The fourth-order valence-corrected chi connectivity index (χ4v) is 5.96. The lowest BCUT2D eigenvalue weighted by molar-refractivity contribution is -0.161. The highest BCUT2D eigenvalue weighted by atomic mass is 31.2. The molecule has 0 aliphatic rings. The number of phosphoric acid groups is 1. The molecule has 0 aliphatic heterocycles. The van der Waals surface area contributed by atoms with Crippen LogP contribution in [0.15, 0.2) is 72.9 Å². The van der Waals surface area contributed by atoms with E-state index in [0.29, 0.717) is 32.1 Å². The number of hydrogen-bond donors (Lipinski definition) is 5. The van der Waals surface area contributed by atoms with Crippen LogP contribution in [0.5, 0.6) is 0 Å². The van der Waals surface area contributed by atoms with Crippen molar-refractivity contribution in [2.45, 2.75) is 167 Å². The molecule has 13 nitrogen and oxygen atoms in total. The molecule has 14 heteroatoms. The van der Waals surface area contributed by atoms with Crippen molar-refractivity contribution in [3.8, 4) is 0 Å². The highest BCUT2D eigenvalue weighted by Crippen LogP contribution is 2.43. The minimum atomic E-state index is -4.77. The molecule has 332 valence electrons. The van der Waals surface area contributed by atoms with Crippen LogP contribution in [0.3, 0.4) is 0 Å². The number of phosphoric ester groups is 1. The zero-order chi connectivity index (χ0) is 43.1. The highest BCUT2D eigenvalue weighted by Gasteiger charge is 2.28. The molecule has 0 fully saturated rings. The Balaban J connectivity index is 4.61. The van der Waals surface area contributed by atoms with E-state index in [2.05, 4.69) is 73.1 Å². The van der Waals surface area contributed by atoms with Crippen molar-refractivity contribution in [1.29, 1.82) is 0 Å². The van der Waals surface area contributed by atoms with Crippen LogP contribution in [0.1, 0.15) is 142 Å². The van der Waals surface area contributed by atoms with E-state index in [1.54, 1.807) is 0 Å². The van der Waals surface area contributed by atoms with E-state index in [-0.39, 0.29) is 12.8 Å². The van der Waals surface area contributed by atoms with E-state index in [4.69, 9.17) is 24.8 Å². The Morgan fingerprint density at radius 3 is 1.78 bits per heavy atom. The number of hydrogen-bond acceptors (Lipinski definition) is 11. The third-order valence-corrected chi connectivity index (χ3v) is 9.59. The van der Waals surface area contributed by atoms with E-state index in [1.165, 1.54) is 6.42 Å². The van der Waals surface area contributed by atoms with Crippen molar-refractivity contribution in [2.75, 3.05) is 19.8 Å². The molecule has 5 atom stereocenters. The third-order valence-electron chi connectivity index (χ3n) is 8.64. The molecule has 0 bridgehead atoms. The summed E-state index contributed by atoms with van der Waals surface area (Å²) >= 11 is 0. The molecule has 58 heavy (non-hydrogen) atoms. The lowest BCUT2D eigenvalue weighted by atomic mass is 10.0. The number of aliphatic hydroxyl groups is 2. The second-order valence-electron chi connectivity index (χ2n) is 14.0. The number of carbonyl (C=O) groups is 3. The zero-order valence-electron chi connectivity index (χ0n) is 35.1. The van der Waals surface area contributed by atoms with Crippen LogP contribution in [0.2, 0.25) is 0 Å². The van der Waals surface area contributed by atoms with Gasteiger partial charge >= 0.3 is 25.7 Å². The predicted molar refractivity (Wildman–Crippen MR) is 229 cm³/mol. The van der Waals surface area contributed by atoms with E-state index >= 15 is 0 Å². The summed E-state index contributed by atoms with van der Waals surface area (Å²) in [5, 5.41) is 29.3. The molecule has 0 saturated carbocycles.